The van der Waals surface area contributed by atoms with E-state index in [1.54, 1.807) is 30.3 Å². The van der Waals surface area contributed by atoms with Crippen molar-refractivity contribution >= 4 is 11.6 Å². The van der Waals surface area contributed by atoms with Gasteiger partial charge >= 0.3 is 0 Å². The van der Waals surface area contributed by atoms with Crippen molar-refractivity contribution in [3.63, 3.8) is 0 Å². The van der Waals surface area contributed by atoms with Gasteiger partial charge in [-0.05, 0) is 48.4 Å². The average Bonchev–Trinajstić information content (AvgIpc) is 2.63. The first-order valence-electron chi connectivity index (χ1n) is 7.99. The van der Waals surface area contributed by atoms with Crippen LogP contribution < -0.4 is 10.1 Å². The summed E-state index contributed by atoms with van der Waals surface area (Å²) in [7, 11) is 0. The van der Waals surface area contributed by atoms with Crippen LogP contribution in [-0.4, -0.2) is 11.0 Å². The zero-order valence-corrected chi connectivity index (χ0v) is 13.9. The molecule has 0 unspecified atom stereocenters. The second-order valence-corrected chi connectivity index (χ2v) is 5.78. The molecule has 0 aromatic heterocycles. The van der Waals surface area contributed by atoms with E-state index in [0.29, 0.717) is 23.6 Å². The van der Waals surface area contributed by atoms with Crippen LogP contribution in [0, 0.1) is 6.92 Å². The van der Waals surface area contributed by atoms with E-state index in [9.17, 15) is 9.90 Å². The summed E-state index contributed by atoms with van der Waals surface area (Å²) in [4.78, 5) is 12.4. The van der Waals surface area contributed by atoms with Gasteiger partial charge in [0.15, 0.2) is 0 Å². The zero-order chi connectivity index (χ0) is 17.6. The number of anilines is 1. The quantitative estimate of drug-likeness (QED) is 0.674. The number of carbonyl (C=O) groups excluding carboxylic acids is 1. The lowest BCUT2D eigenvalue weighted by Crippen LogP contribution is -2.12. The third-order valence-electron chi connectivity index (χ3n) is 3.75. The second kappa shape index (κ2) is 7.53. The van der Waals surface area contributed by atoms with Gasteiger partial charge in [0.05, 0.1) is 5.69 Å². The van der Waals surface area contributed by atoms with E-state index in [0.717, 1.165) is 11.1 Å². The maximum atomic E-state index is 12.4. The number of aromatic hydroxyl groups is 1. The first-order chi connectivity index (χ1) is 12.1. The molecule has 1 amide bonds. The molecular weight excluding hydrogens is 314 g/mol. The Morgan fingerprint density at radius 1 is 1.00 bits per heavy atom. The van der Waals surface area contributed by atoms with E-state index in [2.05, 4.69) is 5.32 Å². The summed E-state index contributed by atoms with van der Waals surface area (Å²) in [6.45, 7) is 2.31. The predicted molar refractivity (Wildman–Crippen MR) is 98.0 cm³/mol. The fraction of sp³-hybridized carbons (Fsp3) is 0.0952. The van der Waals surface area contributed by atoms with Crippen molar-refractivity contribution in [3.05, 3.63) is 89.5 Å². The summed E-state index contributed by atoms with van der Waals surface area (Å²) in [6, 6.07) is 21.9. The van der Waals surface area contributed by atoms with Gasteiger partial charge in [0.2, 0.25) is 0 Å². The number of hydrogen-bond acceptors (Lipinski definition) is 3. The number of carbonyl (C=O) groups is 1. The molecule has 0 heterocycles. The van der Waals surface area contributed by atoms with Gasteiger partial charge in [0, 0.05) is 5.56 Å². The summed E-state index contributed by atoms with van der Waals surface area (Å²) >= 11 is 0. The summed E-state index contributed by atoms with van der Waals surface area (Å²) in [5.74, 6) is 0.360. The molecule has 0 saturated heterocycles. The Bertz CT molecular complexity index is 875. The Hall–Kier alpha value is -3.27. The topological polar surface area (TPSA) is 58.6 Å². The van der Waals surface area contributed by atoms with E-state index in [1.165, 1.54) is 0 Å². The van der Waals surface area contributed by atoms with E-state index in [1.807, 2.05) is 49.4 Å². The number of aryl methyl sites for hydroxylation is 1. The molecule has 4 nitrogen and oxygen atoms in total. The largest absolute Gasteiger partial charge is 0.506 e. The molecule has 3 aromatic carbocycles. The normalized spacial score (nSPS) is 10.3. The third-order valence-corrected chi connectivity index (χ3v) is 3.75. The SMILES string of the molecule is Cc1ccc(NC(=O)c2cccc(OCc3ccccc3)c2)c(O)c1. The molecule has 0 aliphatic rings. The number of ether oxygens (including phenoxy) is 1. The molecule has 3 aromatic rings. The minimum absolute atomic E-state index is 0.0461. The maximum absolute atomic E-state index is 12.4. The molecular formula is C21H19NO3. The first-order valence-corrected chi connectivity index (χ1v) is 7.99. The Morgan fingerprint density at radius 3 is 2.56 bits per heavy atom. The van der Waals surface area contributed by atoms with Crippen LogP contribution in [0.4, 0.5) is 5.69 Å². The minimum atomic E-state index is -0.302. The van der Waals surface area contributed by atoms with E-state index < -0.39 is 0 Å². The van der Waals surface area contributed by atoms with Crippen molar-refractivity contribution in [3.8, 4) is 11.5 Å². The van der Waals surface area contributed by atoms with Crippen LogP contribution in [-0.2, 0) is 6.61 Å². The average molecular weight is 333 g/mol. The van der Waals surface area contributed by atoms with Gasteiger partial charge in [-0.15, -0.1) is 0 Å². The number of nitrogens with one attached hydrogen (secondary N) is 1. The Morgan fingerprint density at radius 2 is 1.80 bits per heavy atom. The second-order valence-electron chi connectivity index (χ2n) is 5.78. The number of rotatable bonds is 5. The summed E-state index contributed by atoms with van der Waals surface area (Å²) in [5.41, 5.74) is 2.82. The number of phenols is 1. The lowest BCUT2D eigenvalue weighted by atomic mass is 10.1. The molecule has 0 bridgehead atoms. The molecule has 0 spiro atoms. The van der Waals surface area contributed by atoms with Crippen molar-refractivity contribution in [2.45, 2.75) is 13.5 Å². The van der Waals surface area contributed by atoms with Crippen molar-refractivity contribution in [2.24, 2.45) is 0 Å². The van der Waals surface area contributed by atoms with Gasteiger partial charge in [-0.3, -0.25) is 4.79 Å². The summed E-state index contributed by atoms with van der Waals surface area (Å²) in [6.07, 6.45) is 0. The van der Waals surface area contributed by atoms with Crippen molar-refractivity contribution in [1.29, 1.82) is 0 Å². The fourth-order valence-electron chi connectivity index (χ4n) is 2.41. The highest BCUT2D eigenvalue weighted by atomic mass is 16.5. The highest BCUT2D eigenvalue weighted by Crippen LogP contribution is 2.25. The fourth-order valence-corrected chi connectivity index (χ4v) is 2.41. The number of amides is 1. The van der Waals surface area contributed by atoms with Crippen LogP contribution in [0.2, 0.25) is 0 Å². The summed E-state index contributed by atoms with van der Waals surface area (Å²) in [5, 5.41) is 12.6. The van der Waals surface area contributed by atoms with Crippen molar-refractivity contribution < 1.29 is 14.6 Å². The van der Waals surface area contributed by atoms with Crippen LogP contribution in [0.3, 0.4) is 0 Å². The van der Waals surface area contributed by atoms with Crippen LogP contribution in [0.15, 0.2) is 72.8 Å². The van der Waals surface area contributed by atoms with Crippen LogP contribution in [0.25, 0.3) is 0 Å². The molecule has 0 radical (unpaired) electrons. The molecule has 4 heteroatoms. The Balaban J connectivity index is 1.69. The molecule has 0 aliphatic heterocycles. The summed E-state index contributed by atoms with van der Waals surface area (Å²) < 4.78 is 5.74. The smallest absolute Gasteiger partial charge is 0.255 e. The molecule has 0 saturated carbocycles. The highest BCUT2D eigenvalue weighted by molar-refractivity contribution is 6.05. The molecule has 126 valence electrons. The van der Waals surface area contributed by atoms with Crippen molar-refractivity contribution in [2.75, 3.05) is 5.32 Å². The third kappa shape index (κ3) is 4.38. The Labute approximate surface area is 146 Å². The van der Waals surface area contributed by atoms with Crippen LogP contribution >= 0.6 is 0 Å². The number of hydrogen-bond donors (Lipinski definition) is 2. The molecule has 25 heavy (non-hydrogen) atoms. The maximum Gasteiger partial charge on any atom is 0.255 e. The number of benzene rings is 3. The molecule has 0 atom stereocenters. The number of phenolic OH excluding ortho intramolecular Hbond substituents is 1. The van der Waals surface area contributed by atoms with Gasteiger partial charge in [0.1, 0.15) is 18.1 Å². The van der Waals surface area contributed by atoms with E-state index in [-0.39, 0.29) is 11.7 Å². The minimum Gasteiger partial charge on any atom is -0.506 e. The van der Waals surface area contributed by atoms with Crippen LogP contribution in [0.1, 0.15) is 21.5 Å². The van der Waals surface area contributed by atoms with E-state index in [4.69, 9.17) is 4.74 Å². The van der Waals surface area contributed by atoms with Gasteiger partial charge < -0.3 is 15.2 Å². The van der Waals surface area contributed by atoms with Gasteiger partial charge in [-0.1, -0.05) is 42.5 Å². The van der Waals surface area contributed by atoms with Gasteiger partial charge in [-0.25, -0.2) is 0 Å². The van der Waals surface area contributed by atoms with Crippen LogP contribution in [0.5, 0.6) is 11.5 Å². The lowest BCUT2D eigenvalue weighted by molar-refractivity contribution is 0.102. The van der Waals surface area contributed by atoms with Gasteiger partial charge in [0.25, 0.3) is 5.91 Å². The highest BCUT2D eigenvalue weighted by Gasteiger charge is 2.10. The Kier molecular flexibility index (Phi) is 5.00. The standard InChI is InChI=1S/C21H19NO3/c1-15-10-11-19(20(23)12-15)22-21(24)17-8-5-9-18(13-17)25-14-16-6-3-2-4-7-16/h2-13,23H,14H2,1H3,(H,22,24). The molecule has 2 N–H and O–H groups in total. The first kappa shape index (κ1) is 16.6. The zero-order valence-electron chi connectivity index (χ0n) is 13.9. The molecule has 0 aliphatic carbocycles. The lowest BCUT2D eigenvalue weighted by Gasteiger charge is -2.10. The monoisotopic (exact) mass is 333 g/mol. The molecule has 0 fully saturated rings. The van der Waals surface area contributed by atoms with Gasteiger partial charge in [-0.2, -0.15) is 0 Å². The van der Waals surface area contributed by atoms with E-state index >= 15 is 0 Å². The predicted octanol–water partition coefficient (Wildman–Crippen LogP) is 4.53. The van der Waals surface area contributed by atoms with Crippen molar-refractivity contribution in [1.82, 2.24) is 0 Å². The molecule has 3 rings (SSSR count).